The first-order valence-electron chi connectivity index (χ1n) is 12.5. The molecule has 0 radical (unpaired) electrons. The Morgan fingerprint density at radius 3 is 2.35 bits per heavy atom. The molecule has 2 heteroatoms. The average molecular weight is 479 g/mol. The first-order chi connectivity index (χ1) is 18.1. The molecule has 180 valence electrons. The van der Waals surface area contributed by atoms with Gasteiger partial charge in [0.2, 0.25) is 0 Å². The molecule has 0 N–H and O–H groups in total. The molecule has 2 aromatic carbocycles. The summed E-state index contributed by atoms with van der Waals surface area (Å²) in [6.45, 7) is 10.3. The quantitative estimate of drug-likeness (QED) is 0.248. The molecule has 0 spiro atoms. The van der Waals surface area contributed by atoms with Gasteiger partial charge < -0.3 is 0 Å². The van der Waals surface area contributed by atoms with Gasteiger partial charge in [0.15, 0.2) is 0 Å². The van der Waals surface area contributed by atoms with Crippen molar-refractivity contribution in [1.82, 2.24) is 9.97 Å². The molecule has 0 saturated heterocycles. The highest BCUT2D eigenvalue weighted by Gasteiger charge is 2.25. The molecule has 4 aromatic rings. The molecule has 1 aliphatic rings. The molecule has 2 heterocycles. The Morgan fingerprint density at radius 2 is 1.59 bits per heavy atom. The van der Waals surface area contributed by atoms with E-state index in [0.717, 1.165) is 56.9 Å². The van der Waals surface area contributed by atoms with E-state index in [9.17, 15) is 0 Å². The van der Waals surface area contributed by atoms with Crippen LogP contribution in [0.3, 0.4) is 0 Å². The van der Waals surface area contributed by atoms with Crippen LogP contribution in [0.1, 0.15) is 24.7 Å². The van der Waals surface area contributed by atoms with Crippen molar-refractivity contribution in [3.8, 4) is 33.5 Å². The smallest absolute Gasteiger partial charge is 0.0715 e. The third-order valence-electron chi connectivity index (χ3n) is 6.78. The summed E-state index contributed by atoms with van der Waals surface area (Å²) in [5.74, 6) is 0. The zero-order valence-corrected chi connectivity index (χ0v) is 21.1. The second kappa shape index (κ2) is 10.6. The van der Waals surface area contributed by atoms with Gasteiger partial charge in [-0.15, -0.1) is 0 Å². The SMILES string of the molecule is C=C/C=C\C(=C)c1cc(-c2cccc(-c3ccnc(C4(C)C=CC=CC4)c3)c2)cc(-c2ccccc2)n1. The summed E-state index contributed by atoms with van der Waals surface area (Å²) < 4.78 is 0. The van der Waals surface area contributed by atoms with E-state index < -0.39 is 0 Å². The van der Waals surface area contributed by atoms with Crippen LogP contribution < -0.4 is 0 Å². The Labute approximate surface area is 219 Å². The molecule has 1 atom stereocenters. The minimum absolute atomic E-state index is 0.0910. The van der Waals surface area contributed by atoms with Crippen LogP contribution in [0.25, 0.3) is 39.1 Å². The van der Waals surface area contributed by atoms with E-state index in [1.807, 2.05) is 36.5 Å². The summed E-state index contributed by atoms with van der Waals surface area (Å²) in [5.41, 5.74) is 9.21. The maximum atomic E-state index is 4.93. The molecule has 1 aliphatic carbocycles. The molecule has 2 aromatic heterocycles. The lowest BCUT2D eigenvalue weighted by molar-refractivity contribution is 0.579. The van der Waals surface area contributed by atoms with Gasteiger partial charge >= 0.3 is 0 Å². The second-order valence-electron chi connectivity index (χ2n) is 9.53. The van der Waals surface area contributed by atoms with Gasteiger partial charge in [0.05, 0.1) is 17.1 Å². The molecule has 37 heavy (non-hydrogen) atoms. The topological polar surface area (TPSA) is 25.8 Å². The van der Waals surface area contributed by atoms with Crippen molar-refractivity contribution in [1.29, 1.82) is 0 Å². The number of hydrogen-bond donors (Lipinski definition) is 0. The summed E-state index contributed by atoms with van der Waals surface area (Å²) in [7, 11) is 0. The van der Waals surface area contributed by atoms with Crippen LogP contribution in [-0.2, 0) is 5.41 Å². The number of nitrogens with zero attached hydrogens (tertiary/aromatic N) is 2. The number of aromatic nitrogens is 2. The molecule has 2 nitrogen and oxygen atoms in total. The van der Waals surface area contributed by atoms with E-state index >= 15 is 0 Å². The summed E-state index contributed by atoms with van der Waals surface area (Å²) in [6, 6.07) is 27.5. The predicted octanol–water partition coefficient (Wildman–Crippen LogP) is 9.01. The van der Waals surface area contributed by atoms with Gasteiger partial charge in [-0.3, -0.25) is 4.98 Å². The van der Waals surface area contributed by atoms with Gasteiger partial charge in [-0.25, -0.2) is 4.98 Å². The van der Waals surface area contributed by atoms with Crippen LogP contribution in [-0.4, -0.2) is 9.97 Å². The molecular formula is C35H30N2. The van der Waals surface area contributed by atoms with Crippen LogP contribution in [0.4, 0.5) is 0 Å². The van der Waals surface area contributed by atoms with Gasteiger partial charge in [-0.2, -0.15) is 0 Å². The van der Waals surface area contributed by atoms with E-state index in [1.165, 1.54) is 0 Å². The first-order valence-corrected chi connectivity index (χ1v) is 12.5. The number of benzene rings is 2. The highest BCUT2D eigenvalue weighted by molar-refractivity contribution is 5.80. The number of rotatable bonds is 7. The third-order valence-corrected chi connectivity index (χ3v) is 6.78. The summed E-state index contributed by atoms with van der Waals surface area (Å²) >= 11 is 0. The Kier molecular flexibility index (Phi) is 6.91. The van der Waals surface area contributed by atoms with Crippen molar-refractivity contribution in [3.63, 3.8) is 0 Å². The number of pyridine rings is 2. The highest BCUT2D eigenvalue weighted by atomic mass is 14.7. The van der Waals surface area contributed by atoms with Crippen LogP contribution in [0.5, 0.6) is 0 Å². The van der Waals surface area contributed by atoms with Gasteiger partial charge in [0.25, 0.3) is 0 Å². The van der Waals surface area contributed by atoms with Crippen molar-refractivity contribution in [2.75, 3.05) is 0 Å². The van der Waals surface area contributed by atoms with E-state index in [-0.39, 0.29) is 5.41 Å². The van der Waals surface area contributed by atoms with E-state index in [4.69, 9.17) is 9.97 Å². The van der Waals surface area contributed by atoms with Crippen LogP contribution in [0.15, 0.2) is 141 Å². The lowest BCUT2D eigenvalue weighted by Gasteiger charge is -2.26. The number of hydrogen-bond acceptors (Lipinski definition) is 2. The van der Waals surface area contributed by atoms with E-state index in [0.29, 0.717) is 0 Å². The van der Waals surface area contributed by atoms with Crippen molar-refractivity contribution < 1.29 is 0 Å². The van der Waals surface area contributed by atoms with E-state index in [2.05, 4.69) is 105 Å². The Morgan fingerprint density at radius 1 is 0.838 bits per heavy atom. The van der Waals surface area contributed by atoms with Crippen molar-refractivity contribution >= 4 is 5.57 Å². The summed E-state index contributed by atoms with van der Waals surface area (Å²) in [4.78, 5) is 9.65. The number of allylic oxidation sites excluding steroid dienone is 8. The minimum Gasteiger partial charge on any atom is -0.260 e. The second-order valence-corrected chi connectivity index (χ2v) is 9.53. The average Bonchev–Trinajstić information content (AvgIpc) is 2.96. The highest BCUT2D eigenvalue weighted by Crippen LogP contribution is 2.35. The molecule has 1 unspecified atom stereocenters. The van der Waals surface area contributed by atoms with Crippen LogP contribution >= 0.6 is 0 Å². The standard InChI is InChI=1S/C35H30N2/c1-4-5-13-26(2)32-23-31(24-33(37-32)27-14-8-6-9-15-27)29-17-12-16-28(22-29)30-18-21-36-34(25-30)35(3)19-10-7-11-20-35/h4-19,21-25H,1-2,20H2,3H3/b13-5-. The fraction of sp³-hybridized carbons (Fsp3) is 0.0857. The van der Waals surface area contributed by atoms with Gasteiger partial charge in [-0.1, -0.05) is 111 Å². The lowest BCUT2D eigenvalue weighted by atomic mass is 9.79. The van der Waals surface area contributed by atoms with Crippen molar-refractivity contribution in [2.45, 2.75) is 18.8 Å². The summed E-state index contributed by atoms with van der Waals surface area (Å²) in [5, 5.41) is 0. The fourth-order valence-corrected chi connectivity index (χ4v) is 4.61. The molecular weight excluding hydrogens is 448 g/mol. The monoisotopic (exact) mass is 478 g/mol. The zero-order valence-electron chi connectivity index (χ0n) is 21.1. The molecule has 0 saturated carbocycles. The molecule has 0 aliphatic heterocycles. The Balaban J connectivity index is 1.57. The molecule has 0 fully saturated rings. The van der Waals surface area contributed by atoms with Gasteiger partial charge in [-0.05, 0) is 64.6 Å². The lowest BCUT2D eigenvalue weighted by Crippen LogP contribution is -2.20. The maximum Gasteiger partial charge on any atom is 0.0715 e. The minimum atomic E-state index is -0.0910. The van der Waals surface area contributed by atoms with Gasteiger partial charge in [0, 0.05) is 17.2 Å². The zero-order chi connectivity index (χ0) is 25.7. The Hall–Kier alpha value is -4.56. The Bertz CT molecular complexity index is 1540. The summed E-state index contributed by atoms with van der Waals surface area (Å²) in [6.07, 6.45) is 17.1. The predicted molar refractivity (Wildman–Crippen MR) is 157 cm³/mol. The largest absolute Gasteiger partial charge is 0.260 e. The van der Waals surface area contributed by atoms with Gasteiger partial charge in [0.1, 0.15) is 0 Å². The normalized spacial score (nSPS) is 16.7. The van der Waals surface area contributed by atoms with Crippen LogP contribution in [0.2, 0.25) is 0 Å². The van der Waals surface area contributed by atoms with Crippen molar-refractivity contribution in [2.24, 2.45) is 0 Å². The van der Waals surface area contributed by atoms with Crippen molar-refractivity contribution in [3.05, 3.63) is 152 Å². The molecule has 5 rings (SSSR count). The molecule has 0 amide bonds. The third kappa shape index (κ3) is 5.34. The fourth-order valence-electron chi connectivity index (χ4n) is 4.61. The van der Waals surface area contributed by atoms with E-state index in [1.54, 1.807) is 6.08 Å². The maximum absolute atomic E-state index is 4.93. The molecule has 0 bridgehead atoms. The first kappa shape index (κ1) is 24.1. The van der Waals surface area contributed by atoms with Crippen LogP contribution in [0, 0.1) is 0 Å².